The van der Waals surface area contributed by atoms with Crippen molar-refractivity contribution < 1.29 is 18.0 Å². The Morgan fingerprint density at radius 2 is 2.08 bits per heavy atom. The molecule has 1 aromatic carbocycles. The minimum Gasteiger partial charge on any atom is -0.349 e. The molecule has 1 amide bonds. The molecule has 0 saturated carbocycles. The molecule has 2 atom stereocenters. The van der Waals surface area contributed by atoms with Crippen LogP contribution in [0.2, 0.25) is 0 Å². The van der Waals surface area contributed by atoms with Crippen molar-refractivity contribution in [1.82, 2.24) is 10.6 Å². The molecular formula is C17H24ClF3N2O. The van der Waals surface area contributed by atoms with Crippen molar-refractivity contribution in [3.63, 3.8) is 0 Å². The highest BCUT2D eigenvalue weighted by Crippen LogP contribution is 2.32. The van der Waals surface area contributed by atoms with Crippen LogP contribution >= 0.6 is 12.4 Å². The van der Waals surface area contributed by atoms with Gasteiger partial charge in [0, 0.05) is 6.54 Å². The van der Waals surface area contributed by atoms with Gasteiger partial charge in [0.05, 0.1) is 17.5 Å². The molecule has 0 radical (unpaired) electrons. The fourth-order valence-corrected chi connectivity index (χ4v) is 2.85. The van der Waals surface area contributed by atoms with E-state index in [9.17, 15) is 18.0 Å². The number of halogens is 4. The van der Waals surface area contributed by atoms with Crippen LogP contribution in [0.4, 0.5) is 13.2 Å². The molecule has 1 aromatic rings. The molecule has 1 heterocycles. The second-order valence-corrected chi connectivity index (χ2v) is 6.50. The zero-order chi connectivity index (χ0) is 17.0. The van der Waals surface area contributed by atoms with Gasteiger partial charge >= 0.3 is 6.18 Å². The van der Waals surface area contributed by atoms with Gasteiger partial charge in [-0.1, -0.05) is 26.0 Å². The molecule has 3 nitrogen and oxygen atoms in total. The van der Waals surface area contributed by atoms with Crippen LogP contribution in [0, 0.1) is 11.8 Å². The highest BCUT2D eigenvalue weighted by atomic mass is 35.5. The summed E-state index contributed by atoms with van der Waals surface area (Å²) in [5.41, 5.74) is -0.173. The van der Waals surface area contributed by atoms with E-state index in [1.807, 2.05) is 13.8 Å². The van der Waals surface area contributed by atoms with Crippen LogP contribution in [0.1, 0.15) is 43.9 Å². The highest BCUT2D eigenvalue weighted by molar-refractivity contribution is 5.85. The van der Waals surface area contributed by atoms with Gasteiger partial charge in [0.15, 0.2) is 0 Å². The number of carbonyl (C=O) groups is 1. The van der Waals surface area contributed by atoms with Gasteiger partial charge in [0.1, 0.15) is 0 Å². The predicted molar refractivity (Wildman–Crippen MR) is 90.0 cm³/mol. The maximum Gasteiger partial charge on any atom is 0.416 e. The summed E-state index contributed by atoms with van der Waals surface area (Å²) < 4.78 is 38.7. The Morgan fingerprint density at radius 1 is 1.38 bits per heavy atom. The van der Waals surface area contributed by atoms with Gasteiger partial charge in [-0.3, -0.25) is 4.79 Å². The molecule has 0 aromatic heterocycles. The largest absolute Gasteiger partial charge is 0.416 e. The number of alkyl halides is 3. The minimum absolute atomic E-state index is 0. The number of rotatable bonds is 5. The summed E-state index contributed by atoms with van der Waals surface area (Å²) in [6, 6.07) is 4.84. The average Bonchev–Trinajstić information content (AvgIpc) is 2.99. The summed E-state index contributed by atoms with van der Waals surface area (Å²) >= 11 is 0. The number of nitrogens with one attached hydrogen (secondary N) is 2. The number of amides is 1. The highest BCUT2D eigenvalue weighted by Gasteiger charge is 2.31. The molecular weight excluding hydrogens is 341 g/mol. The van der Waals surface area contributed by atoms with Gasteiger partial charge in [-0.15, -0.1) is 12.4 Å². The fourth-order valence-electron chi connectivity index (χ4n) is 2.85. The van der Waals surface area contributed by atoms with E-state index in [4.69, 9.17) is 0 Å². The maximum atomic E-state index is 12.9. The van der Waals surface area contributed by atoms with Crippen molar-refractivity contribution in [2.45, 2.75) is 38.9 Å². The first-order valence-corrected chi connectivity index (χ1v) is 7.95. The van der Waals surface area contributed by atoms with Crippen molar-refractivity contribution in [3.8, 4) is 0 Å². The molecule has 136 valence electrons. The van der Waals surface area contributed by atoms with E-state index in [0.29, 0.717) is 18.5 Å². The first-order chi connectivity index (χ1) is 10.8. The summed E-state index contributed by atoms with van der Waals surface area (Å²) in [6.45, 7) is 5.41. The molecule has 2 unspecified atom stereocenters. The lowest BCUT2D eigenvalue weighted by molar-refractivity contribution is -0.137. The van der Waals surface area contributed by atoms with Crippen LogP contribution in [0.5, 0.6) is 0 Å². The van der Waals surface area contributed by atoms with Crippen LogP contribution in [-0.4, -0.2) is 19.0 Å². The summed E-state index contributed by atoms with van der Waals surface area (Å²) in [5, 5.41) is 6.07. The number of carbonyl (C=O) groups excluding carboxylic acids is 1. The fraction of sp³-hybridized carbons (Fsp3) is 0.588. The molecule has 1 aliphatic heterocycles. The van der Waals surface area contributed by atoms with Crippen LogP contribution in [0.15, 0.2) is 24.3 Å². The van der Waals surface area contributed by atoms with Crippen molar-refractivity contribution in [3.05, 3.63) is 35.4 Å². The Morgan fingerprint density at radius 3 is 2.62 bits per heavy atom. The zero-order valence-corrected chi connectivity index (χ0v) is 14.6. The third kappa shape index (κ3) is 5.67. The van der Waals surface area contributed by atoms with Crippen LogP contribution in [-0.2, 0) is 11.0 Å². The normalized spacial score (nSPS) is 19.0. The molecule has 0 aliphatic carbocycles. The minimum atomic E-state index is -4.38. The van der Waals surface area contributed by atoms with Crippen molar-refractivity contribution >= 4 is 18.3 Å². The van der Waals surface area contributed by atoms with Gasteiger partial charge in [-0.05, 0) is 43.0 Å². The molecule has 0 bridgehead atoms. The van der Waals surface area contributed by atoms with Crippen LogP contribution in [0.3, 0.4) is 0 Å². The van der Waals surface area contributed by atoms with Crippen LogP contribution in [0.25, 0.3) is 0 Å². The van der Waals surface area contributed by atoms with Gasteiger partial charge in [-0.25, -0.2) is 0 Å². The van der Waals surface area contributed by atoms with E-state index >= 15 is 0 Å². The van der Waals surface area contributed by atoms with Gasteiger partial charge in [-0.2, -0.15) is 13.2 Å². The summed E-state index contributed by atoms with van der Waals surface area (Å²) in [5.74, 6) is 0.0741. The van der Waals surface area contributed by atoms with Gasteiger partial charge in [0.25, 0.3) is 0 Å². The number of hydrogen-bond acceptors (Lipinski definition) is 2. The SMILES string of the molecule is CC(C)CC(NC(=O)C1CCNC1)c1cccc(C(F)(F)F)c1.Cl. The lowest BCUT2D eigenvalue weighted by atomic mass is 9.94. The van der Waals surface area contributed by atoms with Crippen LogP contribution < -0.4 is 10.6 Å². The first kappa shape index (κ1) is 20.8. The Kier molecular flexibility index (Phi) is 7.55. The van der Waals surface area contributed by atoms with E-state index in [1.54, 1.807) is 6.07 Å². The van der Waals surface area contributed by atoms with Gasteiger partial charge < -0.3 is 10.6 Å². The lowest BCUT2D eigenvalue weighted by Gasteiger charge is -2.23. The van der Waals surface area contributed by atoms with Gasteiger partial charge in [0.2, 0.25) is 5.91 Å². The lowest BCUT2D eigenvalue weighted by Crippen LogP contribution is -2.35. The Bertz CT molecular complexity index is 543. The molecule has 24 heavy (non-hydrogen) atoms. The summed E-state index contributed by atoms with van der Waals surface area (Å²) in [6.07, 6.45) is -3.01. The second-order valence-electron chi connectivity index (χ2n) is 6.50. The quantitative estimate of drug-likeness (QED) is 0.830. The predicted octanol–water partition coefficient (Wildman–Crippen LogP) is 3.94. The average molecular weight is 365 g/mol. The Labute approximate surface area is 146 Å². The van der Waals surface area contributed by atoms with Crippen molar-refractivity contribution in [1.29, 1.82) is 0 Å². The number of benzene rings is 1. The van der Waals surface area contributed by atoms with E-state index in [2.05, 4.69) is 10.6 Å². The monoisotopic (exact) mass is 364 g/mol. The molecule has 2 N–H and O–H groups in total. The molecule has 7 heteroatoms. The Hall–Kier alpha value is -1.27. The zero-order valence-electron chi connectivity index (χ0n) is 13.8. The molecule has 1 aliphatic rings. The number of hydrogen-bond donors (Lipinski definition) is 2. The molecule has 1 saturated heterocycles. The maximum absolute atomic E-state index is 12.9. The standard InChI is InChI=1S/C17H23F3N2O.ClH/c1-11(2)8-15(22-16(23)13-6-7-21-10-13)12-4-3-5-14(9-12)17(18,19)20;/h3-5,9,11,13,15,21H,6-8,10H2,1-2H3,(H,22,23);1H. The Balaban J connectivity index is 0.00000288. The van der Waals surface area contributed by atoms with Crippen molar-refractivity contribution in [2.24, 2.45) is 11.8 Å². The second kappa shape index (κ2) is 8.72. The smallest absolute Gasteiger partial charge is 0.349 e. The van der Waals surface area contributed by atoms with Crippen molar-refractivity contribution in [2.75, 3.05) is 13.1 Å². The molecule has 0 spiro atoms. The topological polar surface area (TPSA) is 41.1 Å². The van der Waals surface area contributed by atoms with E-state index in [0.717, 1.165) is 25.1 Å². The molecule has 2 rings (SSSR count). The third-order valence-corrected chi connectivity index (χ3v) is 4.07. The summed E-state index contributed by atoms with van der Waals surface area (Å²) in [7, 11) is 0. The van der Waals surface area contributed by atoms with E-state index < -0.39 is 17.8 Å². The van der Waals surface area contributed by atoms with E-state index in [-0.39, 0.29) is 30.2 Å². The molecule has 1 fully saturated rings. The summed E-state index contributed by atoms with van der Waals surface area (Å²) in [4.78, 5) is 12.3. The van der Waals surface area contributed by atoms with E-state index in [1.165, 1.54) is 6.07 Å². The third-order valence-electron chi connectivity index (χ3n) is 4.07. The first-order valence-electron chi connectivity index (χ1n) is 7.95.